The van der Waals surface area contributed by atoms with Gasteiger partial charge in [-0.3, -0.25) is 4.79 Å². The van der Waals surface area contributed by atoms with Crippen molar-refractivity contribution in [3.05, 3.63) is 0 Å². The quantitative estimate of drug-likeness (QED) is 0.490. The molecule has 0 amide bonds. The first-order chi connectivity index (χ1) is 5.02. The van der Waals surface area contributed by atoms with Gasteiger partial charge in [0.25, 0.3) is 0 Å². The van der Waals surface area contributed by atoms with Crippen LogP contribution in [0.15, 0.2) is 0 Å². The molecule has 0 spiro atoms. The summed E-state index contributed by atoms with van der Waals surface area (Å²) in [5, 5.41) is 0. The van der Waals surface area contributed by atoms with Crippen LogP contribution in [0.25, 0.3) is 0 Å². The van der Waals surface area contributed by atoms with E-state index in [1.807, 2.05) is 0 Å². The molecule has 0 heterocycles. The van der Waals surface area contributed by atoms with Crippen LogP contribution in [0, 0.1) is 11.3 Å². The van der Waals surface area contributed by atoms with Gasteiger partial charge in [-0.15, -0.1) is 0 Å². The number of hydrogen-bond acceptors (Lipinski definition) is 1. The minimum atomic E-state index is -0.0369. The van der Waals surface area contributed by atoms with Gasteiger partial charge in [0.05, 0.1) is 0 Å². The molecule has 0 aliphatic heterocycles. The normalized spacial score (nSPS) is 31.5. The molecular weight excluding hydrogens is 136 g/mol. The van der Waals surface area contributed by atoms with Crippen molar-refractivity contribution in [1.29, 1.82) is 0 Å². The van der Waals surface area contributed by atoms with Crippen LogP contribution in [0.4, 0.5) is 0 Å². The van der Waals surface area contributed by atoms with Crippen molar-refractivity contribution in [1.82, 2.24) is 0 Å². The fourth-order valence-electron chi connectivity index (χ4n) is 1.61. The second kappa shape index (κ2) is 2.96. The van der Waals surface area contributed by atoms with Gasteiger partial charge in [-0.05, 0) is 25.2 Å². The highest BCUT2D eigenvalue weighted by Gasteiger charge is 2.30. The highest BCUT2D eigenvalue weighted by Crippen LogP contribution is 2.33. The molecule has 1 heteroatoms. The summed E-state index contributed by atoms with van der Waals surface area (Å²) < 4.78 is 0. The summed E-state index contributed by atoms with van der Waals surface area (Å²) in [6.07, 6.45) is 4.20. The molecule has 1 nitrogen and oxygen atoms in total. The summed E-state index contributed by atoms with van der Waals surface area (Å²) in [5.41, 5.74) is -0.0369. The molecule has 0 aromatic rings. The summed E-state index contributed by atoms with van der Waals surface area (Å²) in [4.78, 5) is 11.5. The van der Waals surface area contributed by atoms with E-state index in [0.717, 1.165) is 25.2 Å². The van der Waals surface area contributed by atoms with Gasteiger partial charge in [0.2, 0.25) is 0 Å². The Morgan fingerprint density at radius 1 is 1.36 bits per heavy atom. The third kappa shape index (κ3) is 2.05. The lowest BCUT2D eigenvalue weighted by molar-refractivity contribution is -0.126. The van der Waals surface area contributed by atoms with Crippen LogP contribution < -0.4 is 0 Å². The lowest BCUT2D eigenvalue weighted by atomic mass is 9.84. The third-order valence-corrected chi connectivity index (χ3v) is 2.88. The molecule has 11 heavy (non-hydrogen) atoms. The van der Waals surface area contributed by atoms with Crippen LogP contribution in [0.3, 0.4) is 0 Å². The maximum atomic E-state index is 11.5. The van der Waals surface area contributed by atoms with Crippen molar-refractivity contribution in [3.8, 4) is 0 Å². The van der Waals surface area contributed by atoms with Crippen LogP contribution in [-0.4, -0.2) is 5.78 Å². The van der Waals surface area contributed by atoms with E-state index in [-0.39, 0.29) is 5.41 Å². The Labute approximate surface area is 69.2 Å². The van der Waals surface area contributed by atoms with Gasteiger partial charge < -0.3 is 0 Å². The van der Waals surface area contributed by atoms with Crippen molar-refractivity contribution in [3.63, 3.8) is 0 Å². The van der Waals surface area contributed by atoms with Crippen LogP contribution in [0.1, 0.15) is 46.5 Å². The van der Waals surface area contributed by atoms with Crippen molar-refractivity contribution in [2.24, 2.45) is 11.3 Å². The van der Waals surface area contributed by atoms with Crippen LogP contribution in [0.5, 0.6) is 0 Å². The van der Waals surface area contributed by atoms with Crippen molar-refractivity contribution in [2.75, 3.05) is 0 Å². The Bertz CT molecular complexity index is 158. The Balaban J connectivity index is 2.63. The Kier molecular flexibility index (Phi) is 2.36. The zero-order valence-electron chi connectivity index (χ0n) is 7.81. The number of Topliss-reactive ketones (excluding diaryl/α,β-unsaturated/α-hetero) is 1. The van der Waals surface area contributed by atoms with E-state index < -0.39 is 0 Å². The van der Waals surface area contributed by atoms with Crippen molar-refractivity contribution in [2.45, 2.75) is 46.5 Å². The molecule has 1 atom stereocenters. The average molecular weight is 154 g/mol. The Hall–Kier alpha value is -0.330. The van der Waals surface area contributed by atoms with Gasteiger partial charge in [-0.1, -0.05) is 20.8 Å². The van der Waals surface area contributed by atoms with Gasteiger partial charge in [0.15, 0.2) is 0 Å². The van der Waals surface area contributed by atoms with Crippen molar-refractivity contribution < 1.29 is 4.79 Å². The predicted octanol–water partition coefficient (Wildman–Crippen LogP) is 2.79. The minimum Gasteiger partial charge on any atom is -0.299 e. The highest BCUT2D eigenvalue weighted by molar-refractivity contribution is 5.84. The summed E-state index contributed by atoms with van der Waals surface area (Å²) in [7, 11) is 0. The molecule has 1 aliphatic rings. The monoisotopic (exact) mass is 154 g/mol. The van der Waals surface area contributed by atoms with Crippen LogP contribution in [0.2, 0.25) is 0 Å². The fraction of sp³-hybridized carbons (Fsp3) is 0.900. The van der Waals surface area contributed by atoms with E-state index in [1.165, 1.54) is 6.42 Å². The zero-order chi connectivity index (χ0) is 8.48. The molecular formula is C10H18O. The lowest BCUT2D eigenvalue weighted by Gasteiger charge is -2.19. The number of hydrogen-bond donors (Lipinski definition) is 0. The first-order valence-corrected chi connectivity index (χ1v) is 4.56. The van der Waals surface area contributed by atoms with Gasteiger partial charge in [-0.2, -0.15) is 0 Å². The maximum absolute atomic E-state index is 11.5. The average Bonchev–Trinajstić information content (AvgIpc) is 2.03. The molecule has 0 aromatic carbocycles. The standard InChI is InChI=1S/C10H18O/c1-8-4-5-9(11)10(2,3)7-6-8/h8H,4-7H2,1-3H3. The second-order valence-corrected chi connectivity index (χ2v) is 4.49. The Morgan fingerprint density at radius 2 is 2.00 bits per heavy atom. The first kappa shape index (κ1) is 8.76. The summed E-state index contributed by atoms with van der Waals surface area (Å²) in [6, 6.07) is 0. The second-order valence-electron chi connectivity index (χ2n) is 4.49. The molecule has 1 saturated carbocycles. The predicted molar refractivity (Wildman–Crippen MR) is 46.4 cm³/mol. The number of rotatable bonds is 0. The summed E-state index contributed by atoms with van der Waals surface area (Å²) in [6.45, 7) is 6.40. The van der Waals surface area contributed by atoms with Gasteiger partial charge >= 0.3 is 0 Å². The van der Waals surface area contributed by atoms with Crippen LogP contribution >= 0.6 is 0 Å². The topological polar surface area (TPSA) is 17.1 Å². The fourth-order valence-corrected chi connectivity index (χ4v) is 1.61. The molecule has 0 radical (unpaired) electrons. The number of ketones is 1. The lowest BCUT2D eigenvalue weighted by Crippen LogP contribution is -2.21. The molecule has 0 saturated heterocycles. The first-order valence-electron chi connectivity index (χ1n) is 4.56. The molecule has 0 aromatic heterocycles. The van der Waals surface area contributed by atoms with Gasteiger partial charge in [-0.25, -0.2) is 0 Å². The minimum absolute atomic E-state index is 0.0369. The van der Waals surface area contributed by atoms with Gasteiger partial charge in [0.1, 0.15) is 5.78 Å². The van der Waals surface area contributed by atoms with E-state index >= 15 is 0 Å². The zero-order valence-corrected chi connectivity index (χ0v) is 7.81. The van der Waals surface area contributed by atoms with Crippen LogP contribution in [-0.2, 0) is 4.79 Å². The van der Waals surface area contributed by atoms with E-state index in [2.05, 4.69) is 20.8 Å². The molecule has 1 fully saturated rings. The molecule has 0 bridgehead atoms. The number of carbonyl (C=O) groups excluding carboxylic acids is 1. The van der Waals surface area contributed by atoms with E-state index in [0.29, 0.717) is 5.78 Å². The van der Waals surface area contributed by atoms with E-state index in [1.54, 1.807) is 0 Å². The number of carbonyl (C=O) groups is 1. The SMILES string of the molecule is CC1CCC(=O)C(C)(C)CC1. The Morgan fingerprint density at radius 3 is 2.64 bits per heavy atom. The molecule has 64 valence electrons. The molecule has 1 rings (SSSR count). The van der Waals surface area contributed by atoms with E-state index in [4.69, 9.17) is 0 Å². The molecule has 1 aliphatic carbocycles. The molecule has 1 unspecified atom stereocenters. The summed E-state index contributed by atoms with van der Waals surface area (Å²) >= 11 is 0. The third-order valence-electron chi connectivity index (χ3n) is 2.88. The largest absolute Gasteiger partial charge is 0.299 e. The highest BCUT2D eigenvalue weighted by atomic mass is 16.1. The van der Waals surface area contributed by atoms with E-state index in [9.17, 15) is 4.79 Å². The summed E-state index contributed by atoms with van der Waals surface area (Å²) in [5.74, 6) is 1.21. The smallest absolute Gasteiger partial charge is 0.138 e. The maximum Gasteiger partial charge on any atom is 0.138 e. The van der Waals surface area contributed by atoms with Crippen molar-refractivity contribution >= 4 is 5.78 Å². The van der Waals surface area contributed by atoms with Gasteiger partial charge in [0, 0.05) is 11.8 Å². The molecule has 0 N–H and O–H groups in total.